The van der Waals surface area contributed by atoms with Crippen molar-refractivity contribution in [2.24, 2.45) is 11.7 Å². The van der Waals surface area contributed by atoms with Gasteiger partial charge in [0, 0.05) is 16.1 Å². The molecule has 0 aliphatic carbocycles. The fraction of sp³-hybridized carbons (Fsp3) is 0.455. The molecule has 15 heavy (non-hydrogen) atoms. The normalized spacial score (nSPS) is 14.2. The molecular weight excluding hydrogens is 252 g/mol. The maximum atomic E-state index is 6.07. The fourth-order valence-corrected chi connectivity index (χ4v) is 1.87. The van der Waals surface area contributed by atoms with E-state index in [1.54, 1.807) is 6.07 Å². The van der Waals surface area contributed by atoms with Crippen LogP contribution >= 0.6 is 35.6 Å². The number of halogens is 3. The first kappa shape index (κ1) is 15.0. The molecule has 0 saturated heterocycles. The van der Waals surface area contributed by atoms with E-state index in [-0.39, 0.29) is 18.4 Å². The number of hydrogen-bond acceptors (Lipinski definition) is 1. The lowest BCUT2D eigenvalue weighted by atomic mass is 9.93. The molecule has 1 nitrogen and oxygen atoms in total. The molecule has 0 amide bonds. The molecule has 0 aliphatic rings. The third-order valence-corrected chi connectivity index (χ3v) is 3.14. The second kappa shape index (κ2) is 6.59. The van der Waals surface area contributed by atoms with Gasteiger partial charge in [-0.2, -0.15) is 0 Å². The van der Waals surface area contributed by atoms with Gasteiger partial charge in [-0.05, 0) is 23.6 Å². The Morgan fingerprint density at radius 1 is 1.33 bits per heavy atom. The molecule has 86 valence electrons. The van der Waals surface area contributed by atoms with Gasteiger partial charge >= 0.3 is 0 Å². The Balaban J connectivity index is 0.00000196. The molecule has 1 aromatic rings. The summed E-state index contributed by atoms with van der Waals surface area (Å²) in [7, 11) is 0. The van der Waals surface area contributed by atoms with Crippen molar-refractivity contribution < 1.29 is 0 Å². The molecule has 0 saturated carbocycles. The van der Waals surface area contributed by atoms with Crippen molar-refractivity contribution >= 4 is 35.6 Å². The van der Waals surface area contributed by atoms with Gasteiger partial charge in [0.25, 0.3) is 0 Å². The van der Waals surface area contributed by atoms with Crippen LogP contribution in [-0.2, 0) is 0 Å². The lowest BCUT2D eigenvalue weighted by Gasteiger charge is -2.19. The average Bonchev–Trinajstić information content (AvgIpc) is 2.15. The largest absolute Gasteiger partial charge is 0.324 e. The molecule has 0 heterocycles. The Morgan fingerprint density at radius 3 is 2.40 bits per heavy atom. The highest BCUT2D eigenvalue weighted by molar-refractivity contribution is 6.35. The van der Waals surface area contributed by atoms with E-state index in [2.05, 4.69) is 13.8 Å². The lowest BCUT2D eigenvalue weighted by molar-refractivity contribution is 0.457. The summed E-state index contributed by atoms with van der Waals surface area (Å²) in [6, 6.07) is 5.46. The Morgan fingerprint density at radius 2 is 1.93 bits per heavy atom. The molecule has 0 spiro atoms. The van der Waals surface area contributed by atoms with Gasteiger partial charge in [-0.15, -0.1) is 12.4 Å². The second-order valence-electron chi connectivity index (χ2n) is 3.58. The molecule has 2 N–H and O–H groups in total. The fourth-order valence-electron chi connectivity index (χ4n) is 1.33. The van der Waals surface area contributed by atoms with Gasteiger partial charge in [0.05, 0.1) is 0 Å². The van der Waals surface area contributed by atoms with Crippen molar-refractivity contribution in [1.29, 1.82) is 0 Å². The standard InChI is InChI=1S/C11H15Cl2N.ClH/c1-3-7(2)11(14)9-5-4-8(12)6-10(9)13;/h4-7,11H,3,14H2,1-2H3;1H/t7?,11-;/m1./s1. The number of rotatable bonds is 3. The monoisotopic (exact) mass is 267 g/mol. The van der Waals surface area contributed by atoms with Crippen LogP contribution in [0.5, 0.6) is 0 Å². The SMILES string of the molecule is CCC(C)[C@@H](N)c1ccc(Cl)cc1Cl.Cl. The van der Waals surface area contributed by atoms with Crippen LogP contribution in [0.25, 0.3) is 0 Å². The molecule has 0 bridgehead atoms. The van der Waals surface area contributed by atoms with Crippen LogP contribution in [0, 0.1) is 5.92 Å². The summed E-state index contributed by atoms with van der Waals surface area (Å²) in [5.74, 6) is 0.425. The van der Waals surface area contributed by atoms with Gasteiger partial charge < -0.3 is 5.73 Å². The van der Waals surface area contributed by atoms with E-state index in [9.17, 15) is 0 Å². The van der Waals surface area contributed by atoms with Crippen LogP contribution in [0.4, 0.5) is 0 Å². The van der Waals surface area contributed by atoms with Gasteiger partial charge in [0.2, 0.25) is 0 Å². The predicted octanol–water partition coefficient (Wildman–Crippen LogP) is 4.46. The van der Waals surface area contributed by atoms with Crippen LogP contribution in [0.1, 0.15) is 31.9 Å². The van der Waals surface area contributed by atoms with Gasteiger partial charge in [-0.1, -0.05) is 49.5 Å². The van der Waals surface area contributed by atoms with E-state index in [1.807, 2.05) is 12.1 Å². The van der Waals surface area contributed by atoms with Crippen molar-refractivity contribution in [3.05, 3.63) is 33.8 Å². The van der Waals surface area contributed by atoms with Gasteiger partial charge in [0.1, 0.15) is 0 Å². The van der Waals surface area contributed by atoms with Crippen LogP contribution < -0.4 is 5.73 Å². The quantitative estimate of drug-likeness (QED) is 0.860. The van der Waals surface area contributed by atoms with Crippen molar-refractivity contribution in [1.82, 2.24) is 0 Å². The molecule has 0 radical (unpaired) electrons. The van der Waals surface area contributed by atoms with Crippen molar-refractivity contribution in [3.63, 3.8) is 0 Å². The Bertz CT molecular complexity index is 315. The highest BCUT2D eigenvalue weighted by Gasteiger charge is 2.15. The Kier molecular flexibility index (Phi) is 6.62. The van der Waals surface area contributed by atoms with E-state index in [0.29, 0.717) is 16.0 Å². The highest BCUT2D eigenvalue weighted by atomic mass is 35.5. The zero-order valence-corrected chi connectivity index (χ0v) is 11.2. The lowest BCUT2D eigenvalue weighted by Crippen LogP contribution is -2.18. The second-order valence-corrected chi connectivity index (χ2v) is 4.42. The van der Waals surface area contributed by atoms with Crippen molar-refractivity contribution in [2.75, 3.05) is 0 Å². The summed E-state index contributed by atoms with van der Waals surface area (Å²) in [4.78, 5) is 0. The molecule has 0 fully saturated rings. The molecule has 0 aromatic heterocycles. The molecular formula is C11H16Cl3N. The summed E-state index contributed by atoms with van der Waals surface area (Å²) >= 11 is 11.9. The third-order valence-electron chi connectivity index (χ3n) is 2.58. The van der Waals surface area contributed by atoms with Crippen LogP contribution in [0.3, 0.4) is 0 Å². The number of benzene rings is 1. The molecule has 1 rings (SSSR count). The predicted molar refractivity (Wildman–Crippen MR) is 70.1 cm³/mol. The Hall–Kier alpha value is 0.0500. The van der Waals surface area contributed by atoms with Crippen molar-refractivity contribution in [2.45, 2.75) is 26.3 Å². The van der Waals surface area contributed by atoms with Crippen LogP contribution in [0.15, 0.2) is 18.2 Å². The first-order valence-corrected chi connectivity index (χ1v) is 5.52. The minimum Gasteiger partial charge on any atom is -0.324 e. The molecule has 4 heteroatoms. The van der Waals surface area contributed by atoms with Gasteiger partial charge in [-0.25, -0.2) is 0 Å². The first-order chi connectivity index (χ1) is 6.56. The summed E-state index contributed by atoms with van der Waals surface area (Å²) < 4.78 is 0. The average molecular weight is 269 g/mol. The van der Waals surface area contributed by atoms with Gasteiger partial charge in [0.15, 0.2) is 0 Å². The minimum atomic E-state index is -0.00948. The van der Waals surface area contributed by atoms with E-state index < -0.39 is 0 Å². The van der Waals surface area contributed by atoms with E-state index in [4.69, 9.17) is 28.9 Å². The van der Waals surface area contributed by atoms with E-state index >= 15 is 0 Å². The smallest absolute Gasteiger partial charge is 0.0468 e. The molecule has 0 aliphatic heterocycles. The zero-order valence-electron chi connectivity index (χ0n) is 8.84. The Labute approximate surface area is 107 Å². The van der Waals surface area contributed by atoms with Crippen LogP contribution in [-0.4, -0.2) is 0 Å². The number of nitrogens with two attached hydrogens (primary N) is 1. The summed E-state index contributed by atoms with van der Waals surface area (Å²) in [6.07, 6.45) is 1.04. The molecule has 1 aromatic carbocycles. The zero-order chi connectivity index (χ0) is 10.7. The maximum Gasteiger partial charge on any atom is 0.0468 e. The summed E-state index contributed by atoms with van der Waals surface area (Å²) in [5.41, 5.74) is 7.05. The molecule has 1 unspecified atom stereocenters. The molecule has 2 atom stereocenters. The van der Waals surface area contributed by atoms with Crippen molar-refractivity contribution in [3.8, 4) is 0 Å². The van der Waals surface area contributed by atoms with Crippen LogP contribution in [0.2, 0.25) is 10.0 Å². The van der Waals surface area contributed by atoms with Gasteiger partial charge in [-0.3, -0.25) is 0 Å². The first-order valence-electron chi connectivity index (χ1n) is 4.76. The highest BCUT2D eigenvalue weighted by Crippen LogP contribution is 2.29. The van der Waals surface area contributed by atoms with E-state index in [1.165, 1.54) is 0 Å². The number of hydrogen-bond donors (Lipinski definition) is 1. The third kappa shape index (κ3) is 3.84. The maximum absolute atomic E-state index is 6.07. The summed E-state index contributed by atoms with van der Waals surface area (Å²) in [6.45, 7) is 4.24. The topological polar surface area (TPSA) is 26.0 Å². The minimum absolute atomic E-state index is 0. The summed E-state index contributed by atoms with van der Waals surface area (Å²) in [5, 5.41) is 1.31. The van der Waals surface area contributed by atoms with E-state index in [0.717, 1.165) is 12.0 Å².